The standard InChI is InChI=1S/C11H14N2O3/c1-12-7-3-6-4-9(14)10(15)5-8(6)13(2)11(7)16/h4-5,7,12,14-15H,3H2,1-2H3/t7-/m0/s1. The smallest absolute Gasteiger partial charge is 0.244 e. The second-order valence-electron chi connectivity index (χ2n) is 3.91. The van der Waals surface area contributed by atoms with Crippen LogP contribution in [0.15, 0.2) is 12.1 Å². The number of fused-ring (bicyclic) bond motifs is 1. The molecule has 16 heavy (non-hydrogen) atoms. The first kappa shape index (κ1) is 10.8. The number of carbonyl (C=O) groups excluding carboxylic acids is 1. The number of nitrogens with zero attached hydrogens (tertiary/aromatic N) is 1. The molecule has 1 atom stereocenters. The van der Waals surface area contributed by atoms with Gasteiger partial charge in [0.15, 0.2) is 11.5 Å². The molecule has 0 unspecified atom stereocenters. The molecule has 1 amide bonds. The van der Waals surface area contributed by atoms with Crippen LogP contribution in [0.2, 0.25) is 0 Å². The van der Waals surface area contributed by atoms with E-state index in [0.29, 0.717) is 12.1 Å². The summed E-state index contributed by atoms with van der Waals surface area (Å²) in [5, 5.41) is 21.7. The maximum absolute atomic E-state index is 11.8. The molecular weight excluding hydrogens is 208 g/mol. The molecule has 3 N–H and O–H groups in total. The zero-order chi connectivity index (χ0) is 11.9. The van der Waals surface area contributed by atoms with E-state index in [-0.39, 0.29) is 23.4 Å². The van der Waals surface area contributed by atoms with Gasteiger partial charge in [-0.05, 0) is 25.1 Å². The molecule has 0 aliphatic carbocycles. The van der Waals surface area contributed by atoms with Crippen LogP contribution in [0.1, 0.15) is 5.56 Å². The molecule has 5 nitrogen and oxygen atoms in total. The first-order chi connectivity index (χ1) is 7.54. The monoisotopic (exact) mass is 222 g/mol. The molecule has 1 aromatic carbocycles. The highest BCUT2D eigenvalue weighted by Crippen LogP contribution is 2.36. The second-order valence-corrected chi connectivity index (χ2v) is 3.91. The summed E-state index contributed by atoms with van der Waals surface area (Å²) in [5.74, 6) is -0.405. The third-order valence-electron chi connectivity index (χ3n) is 2.94. The Hall–Kier alpha value is -1.75. The van der Waals surface area contributed by atoms with Crippen molar-refractivity contribution in [2.24, 2.45) is 0 Å². The molecule has 1 aliphatic heterocycles. The third-order valence-corrected chi connectivity index (χ3v) is 2.94. The lowest BCUT2D eigenvalue weighted by atomic mass is 9.97. The van der Waals surface area contributed by atoms with Crippen molar-refractivity contribution < 1.29 is 15.0 Å². The average molecular weight is 222 g/mol. The Bertz CT molecular complexity index is 445. The van der Waals surface area contributed by atoms with E-state index in [4.69, 9.17) is 0 Å². The van der Waals surface area contributed by atoms with Gasteiger partial charge >= 0.3 is 0 Å². The first-order valence-corrected chi connectivity index (χ1v) is 5.04. The van der Waals surface area contributed by atoms with Crippen LogP contribution in [-0.4, -0.2) is 36.3 Å². The van der Waals surface area contributed by atoms with Crippen LogP contribution in [0, 0.1) is 0 Å². The van der Waals surface area contributed by atoms with Crippen LogP contribution in [0.25, 0.3) is 0 Å². The minimum Gasteiger partial charge on any atom is -0.504 e. The summed E-state index contributed by atoms with van der Waals surface area (Å²) in [5.41, 5.74) is 1.49. The summed E-state index contributed by atoms with van der Waals surface area (Å²) in [6.07, 6.45) is 0.517. The highest BCUT2D eigenvalue weighted by atomic mass is 16.3. The molecule has 5 heteroatoms. The molecule has 1 heterocycles. The van der Waals surface area contributed by atoms with Gasteiger partial charge in [0.05, 0.1) is 11.7 Å². The largest absolute Gasteiger partial charge is 0.504 e. The van der Waals surface area contributed by atoms with E-state index in [1.807, 2.05) is 0 Å². The van der Waals surface area contributed by atoms with Crippen LogP contribution in [0.4, 0.5) is 5.69 Å². The Morgan fingerprint density at radius 2 is 2.00 bits per heavy atom. The van der Waals surface area contributed by atoms with E-state index in [2.05, 4.69) is 5.32 Å². The fraction of sp³-hybridized carbons (Fsp3) is 0.364. The highest BCUT2D eigenvalue weighted by Gasteiger charge is 2.30. The minimum absolute atomic E-state index is 0.0416. The van der Waals surface area contributed by atoms with Crippen molar-refractivity contribution in [3.8, 4) is 11.5 Å². The predicted octanol–water partition coefficient (Wildman–Crippen LogP) is 0.205. The fourth-order valence-corrected chi connectivity index (χ4v) is 1.97. The quantitative estimate of drug-likeness (QED) is 0.594. The Kier molecular flexibility index (Phi) is 2.47. The number of benzene rings is 1. The summed E-state index contributed by atoms with van der Waals surface area (Å²) in [6, 6.07) is 2.63. The molecule has 0 spiro atoms. The van der Waals surface area contributed by atoms with Crippen LogP contribution < -0.4 is 10.2 Å². The lowest BCUT2D eigenvalue weighted by Gasteiger charge is -2.31. The molecule has 0 bridgehead atoms. The number of phenolic OH excluding ortho intramolecular Hbond substituents is 2. The van der Waals surface area contributed by atoms with Gasteiger partial charge in [-0.3, -0.25) is 4.79 Å². The van der Waals surface area contributed by atoms with Crippen molar-refractivity contribution in [3.63, 3.8) is 0 Å². The number of hydrogen-bond donors (Lipinski definition) is 3. The lowest BCUT2D eigenvalue weighted by molar-refractivity contribution is -0.120. The van der Waals surface area contributed by atoms with Crippen LogP contribution >= 0.6 is 0 Å². The number of carbonyl (C=O) groups is 1. The van der Waals surface area contributed by atoms with Gasteiger partial charge in [-0.25, -0.2) is 0 Å². The van der Waals surface area contributed by atoms with E-state index in [9.17, 15) is 15.0 Å². The van der Waals surface area contributed by atoms with Gasteiger partial charge < -0.3 is 20.4 Å². The summed E-state index contributed by atoms with van der Waals surface area (Å²) >= 11 is 0. The van der Waals surface area contributed by atoms with Crippen molar-refractivity contribution in [3.05, 3.63) is 17.7 Å². The van der Waals surface area contributed by atoms with Gasteiger partial charge in [0, 0.05) is 13.1 Å². The van der Waals surface area contributed by atoms with Crippen LogP contribution in [0.3, 0.4) is 0 Å². The fourth-order valence-electron chi connectivity index (χ4n) is 1.97. The maximum Gasteiger partial charge on any atom is 0.244 e. The molecule has 0 saturated carbocycles. The zero-order valence-electron chi connectivity index (χ0n) is 9.19. The number of nitrogens with one attached hydrogen (secondary N) is 1. The van der Waals surface area contributed by atoms with Gasteiger partial charge in [-0.1, -0.05) is 0 Å². The molecule has 0 aromatic heterocycles. The van der Waals surface area contributed by atoms with E-state index < -0.39 is 0 Å². The molecule has 86 valence electrons. The van der Waals surface area contributed by atoms with Gasteiger partial charge in [0.1, 0.15) is 0 Å². The topological polar surface area (TPSA) is 72.8 Å². The number of phenols is 2. The van der Waals surface area contributed by atoms with Crippen molar-refractivity contribution in [1.82, 2.24) is 5.32 Å². The molecular formula is C11H14N2O3. The Labute approximate surface area is 93.3 Å². The van der Waals surface area contributed by atoms with Gasteiger partial charge in [0.2, 0.25) is 5.91 Å². The molecule has 1 aliphatic rings. The number of likely N-dealkylation sites (N-methyl/N-ethyl adjacent to an activating group) is 2. The van der Waals surface area contributed by atoms with Crippen molar-refractivity contribution in [2.75, 3.05) is 19.0 Å². The van der Waals surface area contributed by atoms with Crippen molar-refractivity contribution in [2.45, 2.75) is 12.5 Å². The van der Waals surface area contributed by atoms with E-state index >= 15 is 0 Å². The normalized spacial score (nSPS) is 19.8. The Morgan fingerprint density at radius 1 is 1.38 bits per heavy atom. The van der Waals surface area contributed by atoms with Gasteiger partial charge in [-0.2, -0.15) is 0 Å². The number of amides is 1. The molecule has 1 aromatic rings. The maximum atomic E-state index is 11.8. The predicted molar refractivity (Wildman–Crippen MR) is 59.7 cm³/mol. The number of aromatic hydroxyl groups is 2. The van der Waals surface area contributed by atoms with Crippen LogP contribution in [-0.2, 0) is 11.2 Å². The molecule has 2 rings (SSSR count). The van der Waals surface area contributed by atoms with E-state index in [0.717, 1.165) is 5.56 Å². The van der Waals surface area contributed by atoms with Gasteiger partial charge in [-0.15, -0.1) is 0 Å². The third kappa shape index (κ3) is 1.49. The Morgan fingerprint density at radius 3 is 2.62 bits per heavy atom. The number of rotatable bonds is 1. The van der Waals surface area contributed by atoms with Gasteiger partial charge in [0.25, 0.3) is 0 Å². The van der Waals surface area contributed by atoms with E-state index in [1.165, 1.54) is 17.0 Å². The lowest BCUT2D eigenvalue weighted by Crippen LogP contribution is -2.48. The summed E-state index contributed by atoms with van der Waals surface area (Å²) in [4.78, 5) is 13.3. The van der Waals surface area contributed by atoms with E-state index in [1.54, 1.807) is 14.1 Å². The van der Waals surface area contributed by atoms with Crippen molar-refractivity contribution >= 4 is 11.6 Å². The molecule has 0 fully saturated rings. The van der Waals surface area contributed by atoms with Crippen molar-refractivity contribution in [1.29, 1.82) is 0 Å². The summed E-state index contributed by atoms with van der Waals surface area (Å²) in [7, 11) is 3.38. The molecule has 0 radical (unpaired) electrons. The van der Waals surface area contributed by atoms with Crippen LogP contribution in [0.5, 0.6) is 11.5 Å². The minimum atomic E-state index is -0.276. The number of hydrogen-bond acceptors (Lipinski definition) is 4. The zero-order valence-corrected chi connectivity index (χ0v) is 9.19. The molecule has 0 saturated heterocycles. The first-order valence-electron chi connectivity index (χ1n) is 5.04. The Balaban J connectivity index is 2.50. The summed E-state index contributed by atoms with van der Waals surface area (Å²) < 4.78 is 0. The summed E-state index contributed by atoms with van der Waals surface area (Å²) in [6.45, 7) is 0. The SMILES string of the molecule is CN[C@H]1Cc2cc(O)c(O)cc2N(C)C1=O. The number of anilines is 1. The average Bonchev–Trinajstić information content (AvgIpc) is 2.26. The second kappa shape index (κ2) is 3.68. The highest BCUT2D eigenvalue weighted by molar-refractivity contribution is 6.00.